The molecule has 4 rings (SSSR count). The number of para-hydroxylation sites is 2. The minimum atomic E-state index is 0.828. The predicted octanol–water partition coefficient (Wildman–Crippen LogP) is 5.29. The highest BCUT2D eigenvalue weighted by Crippen LogP contribution is 2.22. The molecule has 2 N–H and O–H groups in total. The monoisotopic (exact) mass is 342 g/mol. The Labute approximate surface area is 153 Å². The maximum atomic E-state index is 5.90. The van der Waals surface area contributed by atoms with Gasteiger partial charge in [-0.05, 0) is 54.4 Å². The van der Waals surface area contributed by atoms with E-state index in [1.807, 2.05) is 42.5 Å². The molecular weight excluding hydrogens is 320 g/mol. The van der Waals surface area contributed by atoms with Crippen molar-refractivity contribution in [3.8, 4) is 11.5 Å². The van der Waals surface area contributed by atoms with E-state index in [1.165, 1.54) is 22.0 Å². The maximum absolute atomic E-state index is 5.90. The molecule has 3 aromatic carbocycles. The number of ether oxygens (including phenoxy) is 1. The molecule has 26 heavy (non-hydrogen) atoms. The fourth-order valence-corrected chi connectivity index (χ4v) is 3.14. The van der Waals surface area contributed by atoms with E-state index in [4.69, 9.17) is 4.74 Å². The molecule has 0 aliphatic rings. The van der Waals surface area contributed by atoms with Crippen molar-refractivity contribution in [3.05, 3.63) is 96.2 Å². The number of fused-ring (bicyclic) bond motifs is 1. The van der Waals surface area contributed by atoms with Crippen molar-refractivity contribution in [2.24, 2.45) is 0 Å². The number of hydrogen-bond donors (Lipinski definition) is 2. The van der Waals surface area contributed by atoms with Crippen LogP contribution in [0.3, 0.4) is 0 Å². The first-order valence-corrected chi connectivity index (χ1v) is 8.96. The van der Waals surface area contributed by atoms with Crippen molar-refractivity contribution >= 4 is 10.9 Å². The molecule has 3 heteroatoms. The Kier molecular flexibility index (Phi) is 4.99. The van der Waals surface area contributed by atoms with Crippen LogP contribution in [0.25, 0.3) is 10.9 Å². The average Bonchev–Trinajstić information content (AvgIpc) is 3.10. The van der Waals surface area contributed by atoms with Crippen LogP contribution in [0.1, 0.15) is 11.1 Å². The summed E-state index contributed by atoms with van der Waals surface area (Å²) in [4.78, 5) is 3.33. The molecule has 1 aromatic heterocycles. The number of rotatable bonds is 7. The van der Waals surface area contributed by atoms with E-state index in [1.54, 1.807) is 0 Å². The third-order valence-corrected chi connectivity index (χ3v) is 4.45. The standard InChI is InChI=1S/C23H22N2O/c1-2-8-20(9-3-1)26-21-10-6-7-18(15-21)16-24-14-13-19-17-25-23-12-5-4-11-22(19)23/h1-12,15,17,24-25H,13-14,16H2. The zero-order valence-corrected chi connectivity index (χ0v) is 14.6. The number of benzene rings is 3. The zero-order valence-electron chi connectivity index (χ0n) is 14.6. The summed E-state index contributed by atoms with van der Waals surface area (Å²) in [5, 5.41) is 4.84. The molecule has 0 saturated heterocycles. The Balaban J connectivity index is 1.31. The first-order chi connectivity index (χ1) is 12.9. The van der Waals surface area contributed by atoms with E-state index in [2.05, 4.69) is 52.9 Å². The highest BCUT2D eigenvalue weighted by atomic mass is 16.5. The molecule has 130 valence electrons. The van der Waals surface area contributed by atoms with Gasteiger partial charge in [0.2, 0.25) is 0 Å². The van der Waals surface area contributed by atoms with Crippen molar-refractivity contribution in [3.63, 3.8) is 0 Å². The summed E-state index contributed by atoms with van der Waals surface area (Å²) in [5.74, 6) is 1.73. The minimum absolute atomic E-state index is 0.828. The van der Waals surface area contributed by atoms with Gasteiger partial charge in [0.05, 0.1) is 0 Å². The van der Waals surface area contributed by atoms with E-state index < -0.39 is 0 Å². The van der Waals surface area contributed by atoms with Gasteiger partial charge in [0.15, 0.2) is 0 Å². The topological polar surface area (TPSA) is 37.0 Å². The third-order valence-electron chi connectivity index (χ3n) is 4.45. The Morgan fingerprint density at radius 1 is 0.808 bits per heavy atom. The summed E-state index contributed by atoms with van der Waals surface area (Å²) in [6.45, 7) is 1.76. The van der Waals surface area contributed by atoms with Crippen LogP contribution < -0.4 is 10.1 Å². The third kappa shape index (κ3) is 3.95. The van der Waals surface area contributed by atoms with Crippen LogP contribution in [-0.4, -0.2) is 11.5 Å². The number of aromatic amines is 1. The van der Waals surface area contributed by atoms with Gasteiger partial charge in [-0.2, -0.15) is 0 Å². The van der Waals surface area contributed by atoms with Crippen molar-refractivity contribution in [1.29, 1.82) is 0 Å². The SMILES string of the molecule is c1ccc(Oc2cccc(CNCCc3c[nH]c4ccccc34)c2)cc1. The van der Waals surface area contributed by atoms with Gasteiger partial charge >= 0.3 is 0 Å². The van der Waals surface area contributed by atoms with E-state index in [0.29, 0.717) is 0 Å². The Hall–Kier alpha value is -3.04. The lowest BCUT2D eigenvalue weighted by atomic mass is 10.1. The Morgan fingerprint density at radius 3 is 2.54 bits per heavy atom. The van der Waals surface area contributed by atoms with Crippen molar-refractivity contribution in [2.45, 2.75) is 13.0 Å². The molecule has 0 unspecified atom stereocenters. The fraction of sp³-hybridized carbons (Fsp3) is 0.130. The molecule has 3 nitrogen and oxygen atoms in total. The minimum Gasteiger partial charge on any atom is -0.457 e. The molecule has 4 aromatic rings. The van der Waals surface area contributed by atoms with Gasteiger partial charge in [-0.15, -0.1) is 0 Å². The first-order valence-electron chi connectivity index (χ1n) is 8.96. The molecule has 0 atom stereocenters. The van der Waals surface area contributed by atoms with Crippen LogP contribution in [0.5, 0.6) is 11.5 Å². The summed E-state index contributed by atoms with van der Waals surface area (Å²) >= 11 is 0. The van der Waals surface area contributed by atoms with Gasteiger partial charge in [0.1, 0.15) is 11.5 Å². The lowest BCUT2D eigenvalue weighted by Gasteiger charge is -2.08. The van der Waals surface area contributed by atoms with E-state index >= 15 is 0 Å². The van der Waals surface area contributed by atoms with E-state index in [0.717, 1.165) is 31.0 Å². The van der Waals surface area contributed by atoms with Crippen LogP contribution >= 0.6 is 0 Å². The van der Waals surface area contributed by atoms with Gasteiger partial charge in [-0.25, -0.2) is 0 Å². The Bertz CT molecular complexity index is 976. The second kappa shape index (κ2) is 7.89. The summed E-state index contributed by atoms with van der Waals surface area (Å²) in [5.41, 5.74) is 3.78. The molecule has 0 fully saturated rings. The second-order valence-electron chi connectivity index (χ2n) is 6.35. The molecule has 0 amide bonds. The van der Waals surface area contributed by atoms with Crippen LogP contribution in [-0.2, 0) is 13.0 Å². The van der Waals surface area contributed by atoms with Crippen LogP contribution in [0.4, 0.5) is 0 Å². The number of H-pyrrole nitrogens is 1. The highest BCUT2D eigenvalue weighted by molar-refractivity contribution is 5.83. The first kappa shape index (κ1) is 16.4. The lowest BCUT2D eigenvalue weighted by molar-refractivity contribution is 0.481. The summed E-state index contributed by atoms with van der Waals surface area (Å²) < 4.78 is 5.90. The smallest absolute Gasteiger partial charge is 0.127 e. The molecular formula is C23H22N2O. The van der Waals surface area contributed by atoms with Gasteiger partial charge < -0.3 is 15.0 Å². The van der Waals surface area contributed by atoms with Crippen LogP contribution in [0.15, 0.2) is 85.1 Å². The van der Waals surface area contributed by atoms with E-state index in [9.17, 15) is 0 Å². The number of aromatic nitrogens is 1. The summed E-state index contributed by atoms with van der Waals surface area (Å²) in [6, 6.07) is 26.5. The normalized spacial score (nSPS) is 10.9. The summed E-state index contributed by atoms with van der Waals surface area (Å²) in [7, 11) is 0. The molecule has 0 aliphatic heterocycles. The molecule has 0 aliphatic carbocycles. The van der Waals surface area contributed by atoms with Gasteiger partial charge in [0, 0.05) is 23.6 Å². The average molecular weight is 342 g/mol. The molecule has 0 spiro atoms. The fourth-order valence-electron chi connectivity index (χ4n) is 3.14. The zero-order chi connectivity index (χ0) is 17.6. The highest BCUT2D eigenvalue weighted by Gasteiger charge is 2.03. The van der Waals surface area contributed by atoms with Crippen molar-refractivity contribution in [1.82, 2.24) is 10.3 Å². The lowest BCUT2D eigenvalue weighted by Crippen LogP contribution is -2.16. The van der Waals surface area contributed by atoms with Gasteiger partial charge in [-0.3, -0.25) is 0 Å². The maximum Gasteiger partial charge on any atom is 0.127 e. The van der Waals surface area contributed by atoms with Crippen LogP contribution in [0.2, 0.25) is 0 Å². The van der Waals surface area contributed by atoms with Crippen molar-refractivity contribution < 1.29 is 4.74 Å². The van der Waals surface area contributed by atoms with Crippen molar-refractivity contribution in [2.75, 3.05) is 6.54 Å². The second-order valence-corrected chi connectivity index (χ2v) is 6.35. The quantitative estimate of drug-likeness (QED) is 0.448. The summed E-state index contributed by atoms with van der Waals surface area (Å²) in [6.07, 6.45) is 3.12. The van der Waals surface area contributed by atoms with Gasteiger partial charge in [0.25, 0.3) is 0 Å². The molecule has 0 saturated carbocycles. The molecule has 1 heterocycles. The largest absolute Gasteiger partial charge is 0.457 e. The van der Waals surface area contributed by atoms with E-state index in [-0.39, 0.29) is 0 Å². The number of nitrogens with one attached hydrogen (secondary N) is 2. The number of hydrogen-bond acceptors (Lipinski definition) is 2. The van der Waals surface area contributed by atoms with Crippen LogP contribution in [0, 0.1) is 0 Å². The van der Waals surface area contributed by atoms with Gasteiger partial charge in [-0.1, -0.05) is 48.5 Å². The predicted molar refractivity (Wildman–Crippen MR) is 107 cm³/mol. The molecule has 0 bridgehead atoms. The Morgan fingerprint density at radius 2 is 1.62 bits per heavy atom. The molecule has 0 radical (unpaired) electrons.